The van der Waals surface area contributed by atoms with Crippen molar-refractivity contribution < 1.29 is 13.2 Å². The van der Waals surface area contributed by atoms with Crippen molar-refractivity contribution in [1.29, 1.82) is 5.26 Å². The van der Waals surface area contributed by atoms with Crippen LogP contribution >= 0.6 is 0 Å². The second-order valence-electron chi connectivity index (χ2n) is 5.20. The van der Waals surface area contributed by atoms with Crippen LogP contribution in [0.15, 0.2) is 24.3 Å². The quantitative estimate of drug-likeness (QED) is 0.708. The third-order valence-electron chi connectivity index (χ3n) is 3.15. The third-order valence-corrected chi connectivity index (χ3v) is 4.76. The van der Waals surface area contributed by atoms with E-state index in [9.17, 15) is 13.2 Å². The zero-order valence-corrected chi connectivity index (χ0v) is 13.7. The van der Waals surface area contributed by atoms with E-state index in [2.05, 4.69) is 12.2 Å². The number of nitriles is 1. The van der Waals surface area contributed by atoms with Crippen molar-refractivity contribution in [2.24, 2.45) is 0 Å². The van der Waals surface area contributed by atoms with Crippen LogP contribution in [0.25, 0.3) is 0 Å². The van der Waals surface area contributed by atoms with Crippen molar-refractivity contribution in [2.45, 2.75) is 39.0 Å². The molecule has 0 unspecified atom stereocenters. The fourth-order valence-electron chi connectivity index (χ4n) is 1.98. The minimum absolute atomic E-state index is 0.135. The normalized spacial score (nSPS) is 10.9. The highest BCUT2D eigenvalue weighted by Crippen LogP contribution is 2.12. The summed E-state index contributed by atoms with van der Waals surface area (Å²) in [4.78, 5) is 11.8. The number of benzene rings is 1. The van der Waals surface area contributed by atoms with Gasteiger partial charge >= 0.3 is 0 Å². The van der Waals surface area contributed by atoms with Crippen molar-refractivity contribution in [3.63, 3.8) is 0 Å². The second-order valence-corrected chi connectivity index (χ2v) is 7.39. The first kappa shape index (κ1) is 18.2. The van der Waals surface area contributed by atoms with Gasteiger partial charge in [0.1, 0.15) is 5.75 Å². The molecule has 5 nitrogen and oxygen atoms in total. The van der Waals surface area contributed by atoms with E-state index < -0.39 is 21.5 Å². The fourth-order valence-corrected chi connectivity index (χ4v) is 3.18. The number of nitrogens with zero attached hydrogens (tertiary/aromatic N) is 1. The molecule has 1 rings (SSSR count). The lowest BCUT2D eigenvalue weighted by atomic mass is 10.1. The Labute approximate surface area is 132 Å². The molecule has 0 fully saturated rings. The van der Waals surface area contributed by atoms with E-state index in [4.69, 9.17) is 5.26 Å². The Balaban J connectivity index is 2.49. The van der Waals surface area contributed by atoms with Crippen LogP contribution in [0, 0.1) is 11.3 Å². The van der Waals surface area contributed by atoms with Gasteiger partial charge < -0.3 is 5.32 Å². The number of rotatable bonds is 9. The highest BCUT2D eigenvalue weighted by Gasteiger charge is 2.16. The molecule has 0 aliphatic carbocycles. The van der Waals surface area contributed by atoms with Gasteiger partial charge in [0.2, 0.25) is 5.91 Å². The van der Waals surface area contributed by atoms with E-state index in [1.807, 2.05) is 18.2 Å². The van der Waals surface area contributed by atoms with Crippen LogP contribution < -0.4 is 5.32 Å². The van der Waals surface area contributed by atoms with Crippen molar-refractivity contribution in [2.75, 3.05) is 16.8 Å². The summed E-state index contributed by atoms with van der Waals surface area (Å²) in [5, 5.41) is 11.0. The van der Waals surface area contributed by atoms with E-state index >= 15 is 0 Å². The number of amides is 1. The smallest absolute Gasteiger partial charge is 0.239 e. The Hall–Kier alpha value is -1.87. The van der Waals surface area contributed by atoms with Gasteiger partial charge in [0, 0.05) is 12.1 Å². The van der Waals surface area contributed by atoms with Gasteiger partial charge in [-0.15, -0.1) is 0 Å². The lowest BCUT2D eigenvalue weighted by Gasteiger charge is -2.07. The number of carbonyl (C=O) groups excluding carboxylic acids is 1. The van der Waals surface area contributed by atoms with Gasteiger partial charge in [-0.1, -0.05) is 25.5 Å². The maximum Gasteiger partial charge on any atom is 0.239 e. The molecule has 120 valence electrons. The Morgan fingerprint density at radius 2 is 1.91 bits per heavy atom. The molecular weight excluding hydrogens is 300 g/mol. The average molecular weight is 322 g/mol. The Morgan fingerprint density at radius 1 is 1.23 bits per heavy atom. The van der Waals surface area contributed by atoms with Crippen molar-refractivity contribution >= 4 is 21.4 Å². The number of nitrogens with one attached hydrogen (secondary N) is 1. The van der Waals surface area contributed by atoms with E-state index in [0.29, 0.717) is 5.69 Å². The largest absolute Gasteiger partial charge is 0.325 e. The number of sulfone groups is 1. The summed E-state index contributed by atoms with van der Waals surface area (Å²) in [6.07, 6.45) is 3.69. The van der Waals surface area contributed by atoms with E-state index in [-0.39, 0.29) is 18.6 Å². The minimum Gasteiger partial charge on any atom is -0.325 e. The third kappa shape index (κ3) is 7.23. The highest BCUT2D eigenvalue weighted by molar-refractivity contribution is 7.92. The number of anilines is 1. The van der Waals surface area contributed by atoms with Crippen LogP contribution in [-0.2, 0) is 21.1 Å². The van der Waals surface area contributed by atoms with Crippen molar-refractivity contribution in [1.82, 2.24) is 0 Å². The maximum atomic E-state index is 11.8. The molecular formula is C16H22N2O3S. The minimum atomic E-state index is -3.46. The lowest BCUT2D eigenvalue weighted by Crippen LogP contribution is -2.24. The van der Waals surface area contributed by atoms with Crippen molar-refractivity contribution in [3.8, 4) is 6.07 Å². The predicted molar refractivity (Wildman–Crippen MR) is 87.2 cm³/mol. The van der Waals surface area contributed by atoms with Gasteiger partial charge in [0.25, 0.3) is 0 Å². The average Bonchev–Trinajstić information content (AvgIpc) is 2.46. The van der Waals surface area contributed by atoms with Crippen LogP contribution in [0.2, 0.25) is 0 Å². The number of hydrogen-bond acceptors (Lipinski definition) is 4. The van der Waals surface area contributed by atoms with Gasteiger partial charge in [0.05, 0.1) is 11.8 Å². The zero-order valence-electron chi connectivity index (χ0n) is 12.8. The summed E-state index contributed by atoms with van der Waals surface area (Å²) in [5.41, 5.74) is 1.79. The highest BCUT2D eigenvalue weighted by atomic mass is 32.2. The lowest BCUT2D eigenvalue weighted by molar-refractivity contribution is -0.113. The fraction of sp³-hybridized carbons (Fsp3) is 0.500. The summed E-state index contributed by atoms with van der Waals surface area (Å²) in [5.74, 6) is -1.22. The molecule has 0 radical (unpaired) electrons. The van der Waals surface area contributed by atoms with Crippen LogP contribution in [0.3, 0.4) is 0 Å². The molecule has 0 saturated carbocycles. The molecule has 1 aromatic rings. The Morgan fingerprint density at radius 3 is 2.50 bits per heavy atom. The maximum absolute atomic E-state index is 11.8. The molecule has 0 atom stereocenters. The first-order valence-corrected chi connectivity index (χ1v) is 9.25. The first-order valence-electron chi connectivity index (χ1n) is 7.43. The summed E-state index contributed by atoms with van der Waals surface area (Å²) >= 11 is 0. The molecule has 0 saturated heterocycles. The Kier molecular flexibility index (Phi) is 7.61. The van der Waals surface area contributed by atoms with Gasteiger partial charge in [-0.3, -0.25) is 4.79 Å². The molecule has 0 heterocycles. The van der Waals surface area contributed by atoms with Gasteiger partial charge in [-0.25, -0.2) is 8.42 Å². The Bertz CT molecular complexity index is 616. The predicted octanol–water partition coefficient (Wildman–Crippen LogP) is 2.69. The van der Waals surface area contributed by atoms with Crippen LogP contribution in [0.1, 0.15) is 38.2 Å². The summed E-state index contributed by atoms with van der Waals surface area (Å²) < 4.78 is 23.4. The molecule has 1 amide bonds. The molecule has 0 aliphatic rings. The summed E-state index contributed by atoms with van der Waals surface area (Å²) in [6.45, 7) is 2.13. The van der Waals surface area contributed by atoms with E-state index in [1.54, 1.807) is 12.1 Å². The van der Waals surface area contributed by atoms with Crippen LogP contribution in [-0.4, -0.2) is 25.8 Å². The number of hydrogen-bond donors (Lipinski definition) is 1. The summed E-state index contributed by atoms with van der Waals surface area (Å²) in [6, 6.07) is 9.33. The van der Waals surface area contributed by atoms with Crippen LogP contribution in [0.5, 0.6) is 0 Å². The van der Waals surface area contributed by atoms with E-state index in [1.165, 1.54) is 5.56 Å². The van der Waals surface area contributed by atoms with Crippen molar-refractivity contribution in [3.05, 3.63) is 29.8 Å². The molecule has 0 bridgehead atoms. The zero-order chi connectivity index (χ0) is 16.4. The molecule has 0 aliphatic heterocycles. The topological polar surface area (TPSA) is 87.0 Å². The standard InChI is InChI=1S/C16H22N2O3S/c1-2-3-6-14-7-9-15(10-8-14)18-16(19)13-22(20,21)12-5-4-11-17/h7-10H,2-6,12-13H2,1H3,(H,18,19). The SMILES string of the molecule is CCCCc1ccc(NC(=O)CS(=O)(=O)CCCC#N)cc1. The monoisotopic (exact) mass is 322 g/mol. The number of aryl methyl sites for hydroxylation is 1. The number of carbonyl (C=O) groups is 1. The summed E-state index contributed by atoms with van der Waals surface area (Å²) in [7, 11) is -3.46. The first-order chi connectivity index (χ1) is 10.5. The molecule has 1 aromatic carbocycles. The van der Waals surface area contributed by atoms with Gasteiger partial charge in [-0.2, -0.15) is 5.26 Å². The molecule has 6 heteroatoms. The van der Waals surface area contributed by atoms with E-state index in [0.717, 1.165) is 19.3 Å². The molecule has 0 spiro atoms. The van der Waals surface area contributed by atoms with Gasteiger partial charge in [0.15, 0.2) is 9.84 Å². The molecule has 1 N–H and O–H groups in total. The van der Waals surface area contributed by atoms with Crippen LogP contribution in [0.4, 0.5) is 5.69 Å². The number of unbranched alkanes of at least 4 members (excludes halogenated alkanes) is 2. The molecule has 0 aromatic heterocycles. The molecule has 22 heavy (non-hydrogen) atoms. The van der Waals surface area contributed by atoms with Gasteiger partial charge in [-0.05, 0) is 37.0 Å². The second kappa shape index (κ2) is 9.21.